The lowest BCUT2D eigenvalue weighted by molar-refractivity contribution is 0.107. The number of aromatic nitrogens is 5. The molecule has 0 bridgehead atoms. The highest BCUT2D eigenvalue weighted by Crippen LogP contribution is 2.46. The molecule has 5 aromatic rings. The zero-order chi connectivity index (χ0) is 36.3. The normalized spacial score (nSPS) is 21.9. The third kappa shape index (κ3) is 5.66. The number of piperidine rings is 1. The number of carbonyl (C=O) groups is 1. The van der Waals surface area contributed by atoms with Crippen molar-refractivity contribution < 1.29 is 22.7 Å². The van der Waals surface area contributed by atoms with Gasteiger partial charge in [0, 0.05) is 48.9 Å². The standard InChI is InChI=1S/C35H34ClF3N10O2S/c1-2-48(34(50)49-18-42-17-43-49)20-5-3-9-46(15-20)32-22-11-24(36)27(21-6-7-25(38)30-26(21)23(13-40)31(41)52-30)28(39)29(22)44-33(45-32)51-16-35-8-4-10-47(35)14-19(37)12-35/h6-7,11,17-20H,2-5,8-10,12,14-16,41H2,1H3/t19-,20?,35+/m1/s1. The van der Waals surface area contributed by atoms with Gasteiger partial charge in [0.25, 0.3) is 0 Å². The van der Waals surface area contributed by atoms with Crippen molar-refractivity contribution in [2.45, 2.75) is 56.8 Å². The largest absolute Gasteiger partial charge is 0.461 e. The van der Waals surface area contributed by atoms with E-state index in [9.17, 15) is 18.8 Å². The molecule has 2 N–H and O–H groups in total. The first-order chi connectivity index (χ1) is 25.1. The summed E-state index contributed by atoms with van der Waals surface area (Å²) >= 11 is 7.80. The minimum absolute atomic E-state index is 0.00405. The average molecular weight is 751 g/mol. The number of hydrogen-bond donors (Lipinski definition) is 1. The topological polar surface area (TPSA) is 142 Å². The SMILES string of the molecule is CCN(C(=O)n1cncn1)C1CCCN(c2nc(OC[C@@]34CCCN3C[C@H](F)C4)nc3c(F)c(-c4ccc(F)c5sc(N)c(C#N)c45)c(Cl)cc23)C1. The lowest BCUT2D eigenvalue weighted by Gasteiger charge is -2.39. The Balaban J connectivity index is 1.25. The molecule has 8 rings (SSSR count). The van der Waals surface area contributed by atoms with Crippen LogP contribution in [-0.4, -0.2) is 97.6 Å². The van der Waals surface area contributed by atoms with Gasteiger partial charge in [-0.25, -0.2) is 22.9 Å². The van der Waals surface area contributed by atoms with Crippen LogP contribution in [0.15, 0.2) is 30.9 Å². The number of nitrogen functional groups attached to an aromatic ring is 1. The molecule has 0 spiro atoms. The molecule has 3 aliphatic heterocycles. The number of hydrogen-bond acceptors (Lipinski definition) is 11. The van der Waals surface area contributed by atoms with Gasteiger partial charge in [0.1, 0.15) is 53.7 Å². The van der Waals surface area contributed by atoms with Crippen LogP contribution in [-0.2, 0) is 0 Å². The molecule has 270 valence electrons. The molecule has 0 saturated carbocycles. The molecule has 12 nitrogen and oxygen atoms in total. The Labute approximate surface area is 305 Å². The van der Waals surface area contributed by atoms with Gasteiger partial charge in [-0.3, -0.25) is 4.90 Å². The average Bonchev–Trinajstić information content (AvgIpc) is 3.93. The van der Waals surface area contributed by atoms with Crippen LogP contribution in [0.3, 0.4) is 0 Å². The predicted octanol–water partition coefficient (Wildman–Crippen LogP) is 6.40. The molecule has 1 unspecified atom stereocenters. The van der Waals surface area contributed by atoms with Gasteiger partial charge >= 0.3 is 12.0 Å². The molecular weight excluding hydrogens is 717 g/mol. The number of nitrogens with two attached hydrogens (primary N) is 1. The summed E-state index contributed by atoms with van der Waals surface area (Å²) in [7, 11) is 0. The fraction of sp³-hybridized carbons (Fsp3) is 0.429. The second-order valence-electron chi connectivity index (χ2n) is 13.5. The zero-order valence-corrected chi connectivity index (χ0v) is 29.7. The smallest absolute Gasteiger partial charge is 0.346 e. The molecule has 3 atom stereocenters. The molecule has 52 heavy (non-hydrogen) atoms. The van der Waals surface area contributed by atoms with E-state index in [4.69, 9.17) is 27.1 Å². The molecule has 0 aliphatic carbocycles. The number of halogens is 4. The van der Waals surface area contributed by atoms with E-state index in [-0.39, 0.29) is 67.0 Å². The summed E-state index contributed by atoms with van der Waals surface area (Å²) in [5.74, 6) is -1.05. The van der Waals surface area contributed by atoms with Crippen LogP contribution < -0.4 is 15.4 Å². The number of anilines is 2. The van der Waals surface area contributed by atoms with E-state index >= 15 is 4.39 Å². The van der Waals surface area contributed by atoms with Crippen LogP contribution >= 0.6 is 22.9 Å². The Morgan fingerprint density at radius 3 is 2.87 bits per heavy atom. The number of thiophene rings is 1. The molecule has 1 amide bonds. The molecule has 3 fully saturated rings. The van der Waals surface area contributed by atoms with Gasteiger partial charge in [0.15, 0.2) is 5.82 Å². The maximum Gasteiger partial charge on any atom is 0.346 e. The van der Waals surface area contributed by atoms with Crippen LogP contribution in [0, 0.1) is 23.0 Å². The number of nitrogens with zero attached hydrogens (tertiary/aromatic N) is 9. The van der Waals surface area contributed by atoms with E-state index in [1.807, 2.05) is 17.9 Å². The maximum absolute atomic E-state index is 17.2. The molecule has 3 aromatic heterocycles. The quantitative estimate of drug-likeness (QED) is 0.199. The Morgan fingerprint density at radius 2 is 2.10 bits per heavy atom. The molecule has 3 aliphatic rings. The first-order valence-electron chi connectivity index (χ1n) is 17.2. The second-order valence-corrected chi connectivity index (χ2v) is 15.0. The first kappa shape index (κ1) is 34.4. The first-order valence-corrected chi connectivity index (χ1v) is 18.3. The maximum atomic E-state index is 17.2. The number of amides is 1. The number of alkyl halides is 1. The summed E-state index contributed by atoms with van der Waals surface area (Å²) in [6.45, 7) is 4.43. The minimum Gasteiger partial charge on any atom is -0.461 e. The Kier molecular flexibility index (Phi) is 8.83. The van der Waals surface area contributed by atoms with E-state index < -0.39 is 23.3 Å². The predicted molar refractivity (Wildman–Crippen MR) is 191 cm³/mol. The van der Waals surface area contributed by atoms with Crippen molar-refractivity contribution in [1.29, 1.82) is 5.26 Å². The van der Waals surface area contributed by atoms with Crippen LogP contribution in [0.2, 0.25) is 5.02 Å². The van der Waals surface area contributed by atoms with Crippen molar-refractivity contribution in [3.63, 3.8) is 0 Å². The van der Waals surface area contributed by atoms with Crippen LogP contribution in [0.4, 0.5) is 28.8 Å². The van der Waals surface area contributed by atoms with Gasteiger partial charge in [-0.1, -0.05) is 17.7 Å². The molecule has 6 heterocycles. The number of carbonyl (C=O) groups excluding carboxylic acids is 1. The van der Waals surface area contributed by atoms with Gasteiger partial charge in [0.2, 0.25) is 0 Å². The molecule has 3 saturated heterocycles. The van der Waals surface area contributed by atoms with E-state index in [2.05, 4.69) is 20.0 Å². The fourth-order valence-electron chi connectivity index (χ4n) is 8.26. The van der Waals surface area contributed by atoms with Crippen molar-refractivity contribution in [3.8, 4) is 23.2 Å². The number of likely N-dealkylation sites (N-methyl/N-ethyl adjacent to an activating group) is 1. The van der Waals surface area contributed by atoms with Crippen LogP contribution in [0.25, 0.3) is 32.1 Å². The molecule has 2 aromatic carbocycles. The lowest BCUT2D eigenvalue weighted by atomic mass is 9.95. The van der Waals surface area contributed by atoms with Gasteiger partial charge in [-0.15, -0.1) is 11.3 Å². The highest BCUT2D eigenvalue weighted by molar-refractivity contribution is 7.23. The van der Waals surface area contributed by atoms with Crippen LogP contribution in [0.5, 0.6) is 6.01 Å². The van der Waals surface area contributed by atoms with E-state index in [1.165, 1.54) is 29.5 Å². The number of nitriles is 1. The number of fused-ring (bicyclic) bond motifs is 3. The van der Waals surface area contributed by atoms with Gasteiger partial charge in [-0.2, -0.15) is 25.0 Å². The Bertz CT molecular complexity index is 2250. The van der Waals surface area contributed by atoms with E-state index in [0.717, 1.165) is 30.7 Å². The molecular formula is C35H34ClF3N10O2S. The minimum atomic E-state index is -0.969. The number of ether oxygens (including phenoxy) is 1. The highest BCUT2D eigenvalue weighted by Gasteiger charge is 2.49. The second kappa shape index (κ2) is 13.4. The van der Waals surface area contributed by atoms with Crippen molar-refractivity contribution in [3.05, 3.63) is 53.1 Å². The highest BCUT2D eigenvalue weighted by atomic mass is 35.5. The van der Waals surface area contributed by atoms with Gasteiger partial charge in [0.05, 0.1) is 26.9 Å². The monoisotopic (exact) mass is 750 g/mol. The van der Waals surface area contributed by atoms with E-state index in [1.54, 1.807) is 11.0 Å². The van der Waals surface area contributed by atoms with Gasteiger partial charge < -0.3 is 20.3 Å². The summed E-state index contributed by atoms with van der Waals surface area (Å²) in [6, 6.07) is 5.51. The van der Waals surface area contributed by atoms with Crippen molar-refractivity contribution in [1.82, 2.24) is 34.5 Å². The van der Waals surface area contributed by atoms with Crippen molar-refractivity contribution >= 4 is 60.8 Å². The summed E-state index contributed by atoms with van der Waals surface area (Å²) in [5, 5.41) is 14.5. The van der Waals surface area contributed by atoms with E-state index in [0.29, 0.717) is 56.6 Å². The molecule has 0 radical (unpaired) electrons. The summed E-state index contributed by atoms with van der Waals surface area (Å²) in [4.78, 5) is 32.5. The lowest BCUT2D eigenvalue weighted by Crippen LogP contribution is -2.51. The third-order valence-corrected chi connectivity index (χ3v) is 11.9. The Morgan fingerprint density at radius 1 is 1.25 bits per heavy atom. The fourth-order valence-corrected chi connectivity index (χ4v) is 9.50. The summed E-state index contributed by atoms with van der Waals surface area (Å²) < 4.78 is 54.3. The summed E-state index contributed by atoms with van der Waals surface area (Å²) in [6.07, 6.45) is 5.09. The summed E-state index contributed by atoms with van der Waals surface area (Å²) in [5.41, 5.74) is 5.63. The van der Waals surface area contributed by atoms with Crippen molar-refractivity contribution in [2.24, 2.45) is 0 Å². The Hall–Kier alpha value is -4.72. The number of benzene rings is 2. The third-order valence-electron chi connectivity index (χ3n) is 10.6. The van der Waals surface area contributed by atoms with Crippen LogP contribution in [0.1, 0.15) is 44.6 Å². The number of rotatable bonds is 7. The zero-order valence-electron chi connectivity index (χ0n) is 28.2. The van der Waals surface area contributed by atoms with Gasteiger partial charge in [-0.05, 0) is 56.8 Å². The molecule has 17 heteroatoms. The van der Waals surface area contributed by atoms with Crippen molar-refractivity contribution in [2.75, 3.05) is 50.0 Å².